The number of amides is 1. The lowest BCUT2D eigenvalue weighted by molar-refractivity contribution is -0.136. The number of carboxylic acids is 1. The number of carbonyl (C=O) groups is 2. The van der Waals surface area contributed by atoms with Gasteiger partial charge in [0.2, 0.25) is 0 Å². The number of rotatable bonds is 7. The quantitative estimate of drug-likeness (QED) is 0.375. The number of fused-ring (bicyclic) bond motifs is 1. The van der Waals surface area contributed by atoms with E-state index in [4.69, 9.17) is 9.84 Å². The van der Waals surface area contributed by atoms with Crippen molar-refractivity contribution < 1.29 is 19.4 Å². The number of hydrogen-bond donors (Lipinski definition) is 1. The lowest BCUT2D eigenvalue weighted by Gasteiger charge is -2.37. The second kappa shape index (κ2) is 10.7. The van der Waals surface area contributed by atoms with Crippen LogP contribution in [-0.2, 0) is 16.0 Å². The maximum Gasteiger partial charge on any atom is 0.411 e. The Hall–Kier alpha value is -3.34. The van der Waals surface area contributed by atoms with Gasteiger partial charge in [-0.15, -0.1) is 0 Å². The van der Waals surface area contributed by atoms with E-state index < -0.39 is 11.6 Å². The van der Waals surface area contributed by atoms with Gasteiger partial charge in [0.05, 0.1) is 6.04 Å². The maximum absolute atomic E-state index is 13.6. The summed E-state index contributed by atoms with van der Waals surface area (Å²) in [7, 11) is 0. The molecule has 0 radical (unpaired) electrons. The van der Waals surface area contributed by atoms with Crippen molar-refractivity contribution in [2.75, 3.05) is 0 Å². The van der Waals surface area contributed by atoms with E-state index >= 15 is 0 Å². The van der Waals surface area contributed by atoms with Gasteiger partial charge in [-0.3, -0.25) is 9.69 Å². The molecule has 1 amide bonds. The van der Waals surface area contributed by atoms with Gasteiger partial charge in [-0.25, -0.2) is 4.79 Å². The fourth-order valence-corrected chi connectivity index (χ4v) is 5.42. The molecule has 1 aliphatic rings. The van der Waals surface area contributed by atoms with Crippen molar-refractivity contribution in [3.8, 4) is 0 Å². The number of ether oxygens (including phenoxy) is 1. The maximum atomic E-state index is 13.6. The minimum absolute atomic E-state index is 0.0745. The third-order valence-electron chi connectivity index (χ3n) is 7.17. The highest BCUT2D eigenvalue weighted by atomic mass is 16.6. The van der Waals surface area contributed by atoms with Gasteiger partial charge in [-0.05, 0) is 86.8 Å². The SMILES string of the molecule is CC(c1cccc2ccccc12)N(C(=O)OC(C)(C)C)C1CCC(c2ccc(CCC(=O)O)cc2)C1. The molecule has 0 heterocycles. The van der Waals surface area contributed by atoms with Gasteiger partial charge in [0.15, 0.2) is 0 Å². The molecule has 0 saturated heterocycles. The van der Waals surface area contributed by atoms with Gasteiger partial charge in [0, 0.05) is 12.5 Å². The minimum atomic E-state index is -0.778. The first-order chi connectivity index (χ1) is 17.1. The summed E-state index contributed by atoms with van der Waals surface area (Å²) in [6.07, 6.45) is 3.21. The Balaban J connectivity index is 1.58. The Morgan fingerprint density at radius 2 is 1.69 bits per heavy atom. The highest BCUT2D eigenvalue weighted by molar-refractivity contribution is 5.86. The van der Waals surface area contributed by atoms with Gasteiger partial charge in [-0.2, -0.15) is 0 Å². The van der Waals surface area contributed by atoms with Gasteiger partial charge < -0.3 is 9.84 Å². The zero-order valence-electron chi connectivity index (χ0n) is 21.7. The van der Waals surface area contributed by atoms with E-state index in [2.05, 4.69) is 49.4 Å². The summed E-state index contributed by atoms with van der Waals surface area (Å²) in [5.41, 5.74) is 2.84. The fraction of sp³-hybridized carbons (Fsp3) is 0.419. The van der Waals surface area contributed by atoms with Gasteiger partial charge >= 0.3 is 12.1 Å². The number of benzene rings is 3. The van der Waals surface area contributed by atoms with E-state index in [0.717, 1.165) is 35.8 Å². The van der Waals surface area contributed by atoms with E-state index in [1.54, 1.807) is 0 Å². The van der Waals surface area contributed by atoms with Crippen LogP contribution in [0.3, 0.4) is 0 Å². The number of aliphatic carboxylic acids is 1. The first-order valence-electron chi connectivity index (χ1n) is 12.9. The number of aryl methyl sites for hydroxylation is 1. The lowest BCUT2D eigenvalue weighted by atomic mass is 9.94. The van der Waals surface area contributed by atoms with Gasteiger partial charge in [-0.1, -0.05) is 66.7 Å². The van der Waals surface area contributed by atoms with Crippen molar-refractivity contribution in [1.82, 2.24) is 4.90 Å². The van der Waals surface area contributed by atoms with Crippen molar-refractivity contribution in [2.24, 2.45) is 0 Å². The van der Waals surface area contributed by atoms with E-state index in [1.807, 2.05) is 49.9 Å². The van der Waals surface area contributed by atoms with Crippen LogP contribution >= 0.6 is 0 Å². The molecule has 5 nitrogen and oxygen atoms in total. The lowest BCUT2D eigenvalue weighted by Crippen LogP contribution is -2.44. The van der Waals surface area contributed by atoms with Crippen LogP contribution in [0.2, 0.25) is 0 Å². The van der Waals surface area contributed by atoms with Crippen molar-refractivity contribution in [1.29, 1.82) is 0 Å². The van der Waals surface area contributed by atoms with Crippen LogP contribution in [0.5, 0.6) is 0 Å². The largest absolute Gasteiger partial charge is 0.481 e. The molecule has 0 spiro atoms. The molecule has 5 heteroatoms. The molecule has 0 bridgehead atoms. The molecule has 190 valence electrons. The van der Waals surface area contributed by atoms with Crippen molar-refractivity contribution in [2.45, 2.75) is 83.4 Å². The molecule has 1 N–H and O–H groups in total. The van der Waals surface area contributed by atoms with Crippen LogP contribution in [0, 0.1) is 0 Å². The molecular formula is C31H37NO4. The van der Waals surface area contributed by atoms with Crippen molar-refractivity contribution in [3.05, 3.63) is 83.4 Å². The normalized spacial score (nSPS) is 18.7. The summed E-state index contributed by atoms with van der Waals surface area (Å²) in [5, 5.41) is 11.3. The summed E-state index contributed by atoms with van der Waals surface area (Å²) < 4.78 is 5.91. The summed E-state index contributed by atoms with van der Waals surface area (Å²) in [6, 6.07) is 22.9. The molecule has 3 aromatic rings. The fourth-order valence-electron chi connectivity index (χ4n) is 5.42. The number of carbonyl (C=O) groups excluding carboxylic acids is 1. The van der Waals surface area contributed by atoms with Gasteiger partial charge in [0.25, 0.3) is 0 Å². The third kappa shape index (κ3) is 6.07. The summed E-state index contributed by atoms with van der Waals surface area (Å²) in [6.45, 7) is 7.84. The van der Waals surface area contributed by atoms with Crippen molar-refractivity contribution >= 4 is 22.8 Å². The zero-order chi connectivity index (χ0) is 25.9. The van der Waals surface area contributed by atoms with Crippen LogP contribution < -0.4 is 0 Å². The van der Waals surface area contributed by atoms with E-state index in [9.17, 15) is 9.59 Å². The molecule has 1 fully saturated rings. The average Bonchev–Trinajstić information content (AvgIpc) is 3.31. The Morgan fingerprint density at radius 1 is 1.00 bits per heavy atom. The second-order valence-corrected chi connectivity index (χ2v) is 10.9. The van der Waals surface area contributed by atoms with Crippen LogP contribution in [0.4, 0.5) is 4.79 Å². The van der Waals surface area contributed by atoms with Gasteiger partial charge in [0.1, 0.15) is 5.60 Å². The van der Waals surface area contributed by atoms with Crippen LogP contribution in [0.25, 0.3) is 10.8 Å². The highest BCUT2D eigenvalue weighted by Gasteiger charge is 2.38. The molecule has 0 aromatic heterocycles. The molecule has 4 rings (SSSR count). The number of nitrogens with zero attached hydrogens (tertiary/aromatic N) is 1. The Morgan fingerprint density at radius 3 is 2.39 bits per heavy atom. The first kappa shape index (κ1) is 25.7. The Labute approximate surface area is 214 Å². The predicted octanol–water partition coefficient (Wildman–Crippen LogP) is 7.49. The van der Waals surface area contributed by atoms with Crippen molar-refractivity contribution in [3.63, 3.8) is 0 Å². The average molecular weight is 488 g/mol. The molecular weight excluding hydrogens is 450 g/mol. The summed E-state index contributed by atoms with van der Waals surface area (Å²) >= 11 is 0. The molecule has 1 saturated carbocycles. The third-order valence-corrected chi connectivity index (χ3v) is 7.17. The Kier molecular flexibility index (Phi) is 7.67. The van der Waals surface area contributed by atoms with Crippen LogP contribution in [0.15, 0.2) is 66.7 Å². The Bertz CT molecular complexity index is 1210. The molecule has 36 heavy (non-hydrogen) atoms. The van der Waals surface area contributed by atoms with E-state index in [1.165, 1.54) is 10.9 Å². The summed E-state index contributed by atoms with van der Waals surface area (Å²) in [5.74, 6) is -0.423. The predicted molar refractivity (Wildman–Crippen MR) is 143 cm³/mol. The topological polar surface area (TPSA) is 66.8 Å². The highest BCUT2D eigenvalue weighted by Crippen LogP contribution is 2.41. The standard InChI is InChI=1S/C31H37NO4/c1-21(27-11-7-9-24-8-5-6-10-28(24)27)32(30(35)36-31(2,3)4)26-18-17-25(20-26)23-15-12-22(13-16-23)14-19-29(33)34/h5-13,15-16,21,25-26H,14,17-20H2,1-4H3,(H,33,34). The zero-order valence-corrected chi connectivity index (χ0v) is 21.7. The van der Waals surface area contributed by atoms with E-state index in [-0.39, 0.29) is 24.6 Å². The molecule has 3 atom stereocenters. The second-order valence-electron chi connectivity index (χ2n) is 10.9. The smallest absolute Gasteiger partial charge is 0.411 e. The minimum Gasteiger partial charge on any atom is -0.481 e. The van der Waals surface area contributed by atoms with Crippen LogP contribution in [-0.4, -0.2) is 33.7 Å². The summed E-state index contributed by atoms with van der Waals surface area (Å²) in [4.78, 5) is 26.4. The number of hydrogen-bond acceptors (Lipinski definition) is 3. The first-order valence-corrected chi connectivity index (χ1v) is 12.9. The number of carboxylic acid groups (broad SMARTS) is 1. The van der Waals surface area contributed by atoms with E-state index in [0.29, 0.717) is 12.3 Å². The molecule has 3 aromatic carbocycles. The molecule has 1 aliphatic carbocycles. The monoisotopic (exact) mass is 487 g/mol. The molecule has 0 aliphatic heterocycles. The van der Waals surface area contributed by atoms with Crippen LogP contribution in [0.1, 0.15) is 82.0 Å². The molecule has 3 unspecified atom stereocenters.